The van der Waals surface area contributed by atoms with Crippen molar-refractivity contribution in [2.24, 2.45) is 0 Å². The van der Waals surface area contributed by atoms with Gasteiger partial charge in [-0.15, -0.1) is 0 Å². The van der Waals surface area contributed by atoms with Crippen LogP contribution in [0.25, 0.3) is 0 Å². The summed E-state index contributed by atoms with van der Waals surface area (Å²) < 4.78 is 9.19. The molecular weight excluding hydrogens is 236 g/mol. The van der Waals surface area contributed by atoms with E-state index in [1.807, 2.05) is 0 Å². The van der Waals surface area contributed by atoms with E-state index in [4.69, 9.17) is 4.74 Å². The number of ether oxygens (including phenoxy) is 2. The van der Waals surface area contributed by atoms with Crippen LogP contribution in [0.15, 0.2) is 30.3 Å². The molecule has 1 atom stereocenters. The summed E-state index contributed by atoms with van der Waals surface area (Å²) in [6, 6.07) is 8.19. The fraction of sp³-hybridized carbons (Fsp3) is 0.385. The predicted octanol–water partition coefficient (Wildman–Crippen LogP) is 2.20. The second-order valence-electron chi connectivity index (χ2n) is 4.70. The Hall–Kier alpha value is -1.88. The van der Waals surface area contributed by atoms with Gasteiger partial charge in [0.05, 0.1) is 0 Å². The molecule has 1 aromatic carbocycles. The summed E-state index contributed by atoms with van der Waals surface area (Å²) in [5.74, 6) is -1.06. The molecule has 5 nitrogen and oxygen atoms in total. The van der Waals surface area contributed by atoms with Gasteiger partial charge in [-0.2, -0.15) is 0 Å². The molecule has 0 heterocycles. The van der Waals surface area contributed by atoms with E-state index >= 15 is 0 Å². The van der Waals surface area contributed by atoms with Crippen LogP contribution in [-0.2, 0) is 14.3 Å². The smallest absolute Gasteiger partial charge is 0.428 e. The van der Waals surface area contributed by atoms with E-state index in [1.54, 1.807) is 51.1 Å². The van der Waals surface area contributed by atoms with Crippen molar-refractivity contribution < 1.29 is 24.2 Å². The van der Waals surface area contributed by atoms with Crippen LogP contribution in [-0.4, -0.2) is 22.8 Å². The Morgan fingerprint density at radius 1 is 1.17 bits per heavy atom. The van der Waals surface area contributed by atoms with Crippen molar-refractivity contribution in [3.05, 3.63) is 35.9 Å². The van der Waals surface area contributed by atoms with Gasteiger partial charge in [0, 0.05) is 0 Å². The molecule has 1 aromatic rings. The summed E-state index contributed by atoms with van der Waals surface area (Å²) in [5, 5.41) is 9.65. The highest BCUT2D eigenvalue weighted by atomic mass is 16.8. The van der Waals surface area contributed by atoms with Crippen molar-refractivity contribution in [3.63, 3.8) is 0 Å². The van der Waals surface area contributed by atoms with Crippen LogP contribution in [0.3, 0.4) is 0 Å². The number of carbonyl (C=O) groups is 2. The molecule has 0 bridgehead atoms. The Morgan fingerprint density at radius 3 is 2.22 bits per heavy atom. The van der Waals surface area contributed by atoms with Gasteiger partial charge in [-0.05, 0) is 26.3 Å². The van der Waals surface area contributed by atoms with E-state index in [0.29, 0.717) is 5.56 Å². The van der Waals surface area contributed by atoms with E-state index in [-0.39, 0.29) is 0 Å². The summed E-state index contributed by atoms with van der Waals surface area (Å²) in [5.41, 5.74) is -0.402. The van der Waals surface area contributed by atoms with Gasteiger partial charge in [-0.25, -0.2) is 9.59 Å². The molecule has 0 aliphatic rings. The number of carbonyl (C=O) groups excluding carboxylic acids is 2. The van der Waals surface area contributed by atoms with Crippen LogP contribution in [0.2, 0.25) is 0 Å². The average molecular weight is 252 g/mol. The standard InChI is InChI=1S/C13H16O5/c1-13(2,3)18-12(16)17-11(15)10(14)9-7-5-4-6-8-9/h4-8,10,14H,1-3H3. The zero-order chi connectivity index (χ0) is 13.8. The zero-order valence-electron chi connectivity index (χ0n) is 10.5. The van der Waals surface area contributed by atoms with E-state index in [1.165, 1.54) is 0 Å². The third kappa shape index (κ3) is 4.55. The van der Waals surface area contributed by atoms with Gasteiger partial charge in [0.25, 0.3) is 0 Å². The predicted molar refractivity (Wildman–Crippen MR) is 63.7 cm³/mol. The maximum Gasteiger partial charge on any atom is 0.516 e. The van der Waals surface area contributed by atoms with Gasteiger partial charge < -0.3 is 14.6 Å². The van der Waals surface area contributed by atoms with Crippen LogP contribution < -0.4 is 0 Å². The molecule has 0 aliphatic heterocycles. The first-order valence-electron chi connectivity index (χ1n) is 5.47. The maximum atomic E-state index is 11.5. The summed E-state index contributed by atoms with van der Waals surface area (Å²) in [4.78, 5) is 22.7. The minimum atomic E-state index is -1.50. The minimum Gasteiger partial charge on any atom is -0.428 e. The average Bonchev–Trinajstić information content (AvgIpc) is 2.26. The fourth-order valence-electron chi connectivity index (χ4n) is 1.18. The summed E-state index contributed by atoms with van der Waals surface area (Å²) in [6.07, 6.45) is -2.62. The van der Waals surface area contributed by atoms with E-state index in [2.05, 4.69) is 4.74 Å². The van der Waals surface area contributed by atoms with E-state index < -0.39 is 23.8 Å². The van der Waals surface area contributed by atoms with Crippen LogP contribution in [0.5, 0.6) is 0 Å². The van der Waals surface area contributed by atoms with Crippen molar-refractivity contribution >= 4 is 12.1 Å². The second-order valence-corrected chi connectivity index (χ2v) is 4.70. The Labute approximate surface area is 105 Å². The lowest BCUT2D eigenvalue weighted by Gasteiger charge is -2.18. The van der Waals surface area contributed by atoms with Crippen molar-refractivity contribution in [1.82, 2.24) is 0 Å². The lowest BCUT2D eigenvalue weighted by molar-refractivity contribution is -0.151. The molecule has 0 saturated heterocycles. The maximum absolute atomic E-state index is 11.5. The molecule has 0 aromatic heterocycles. The molecule has 1 rings (SSSR count). The molecule has 1 N–H and O–H groups in total. The van der Waals surface area contributed by atoms with Gasteiger partial charge in [0.2, 0.25) is 0 Å². The molecule has 18 heavy (non-hydrogen) atoms. The summed E-state index contributed by atoms with van der Waals surface area (Å²) in [6.45, 7) is 4.94. The molecule has 0 fully saturated rings. The lowest BCUT2D eigenvalue weighted by Crippen LogP contribution is -2.27. The van der Waals surface area contributed by atoms with Crippen LogP contribution in [0.4, 0.5) is 4.79 Å². The molecule has 1 unspecified atom stereocenters. The van der Waals surface area contributed by atoms with Gasteiger partial charge in [-0.1, -0.05) is 30.3 Å². The molecule has 0 spiro atoms. The number of hydrogen-bond donors (Lipinski definition) is 1. The van der Waals surface area contributed by atoms with Crippen molar-refractivity contribution in [2.45, 2.75) is 32.5 Å². The molecular formula is C13H16O5. The monoisotopic (exact) mass is 252 g/mol. The molecule has 0 amide bonds. The molecule has 0 saturated carbocycles. The van der Waals surface area contributed by atoms with E-state index in [0.717, 1.165) is 0 Å². The molecule has 5 heteroatoms. The number of rotatable bonds is 2. The third-order valence-electron chi connectivity index (χ3n) is 1.91. The van der Waals surface area contributed by atoms with Gasteiger partial charge in [-0.3, -0.25) is 0 Å². The first-order chi connectivity index (χ1) is 8.29. The fourth-order valence-corrected chi connectivity index (χ4v) is 1.18. The van der Waals surface area contributed by atoms with Crippen LogP contribution >= 0.6 is 0 Å². The highest BCUT2D eigenvalue weighted by Crippen LogP contribution is 2.15. The highest BCUT2D eigenvalue weighted by Gasteiger charge is 2.25. The minimum absolute atomic E-state index is 0.353. The first kappa shape index (κ1) is 14.2. The lowest BCUT2D eigenvalue weighted by atomic mass is 10.1. The summed E-state index contributed by atoms with van der Waals surface area (Å²) in [7, 11) is 0. The Bertz CT molecular complexity index is 419. The number of hydrogen-bond acceptors (Lipinski definition) is 5. The number of aliphatic hydroxyl groups is 1. The van der Waals surface area contributed by atoms with Gasteiger partial charge >= 0.3 is 12.1 Å². The Balaban J connectivity index is 2.59. The SMILES string of the molecule is CC(C)(C)OC(=O)OC(=O)C(O)c1ccccc1. The largest absolute Gasteiger partial charge is 0.516 e. The van der Waals surface area contributed by atoms with Gasteiger partial charge in [0.15, 0.2) is 6.10 Å². The van der Waals surface area contributed by atoms with Crippen molar-refractivity contribution in [2.75, 3.05) is 0 Å². The van der Waals surface area contributed by atoms with E-state index in [9.17, 15) is 14.7 Å². The second kappa shape index (κ2) is 5.64. The van der Waals surface area contributed by atoms with Crippen molar-refractivity contribution in [1.29, 1.82) is 0 Å². The molecule has 0 aliphatic carbocycles. The third-order valence-corrected chi connectivity index (χ3v) is 1.91. The molecule has 0 radical (unpaired) electrons. The first-order valence-corrected chi connectivity index (χ1v) is 5.47. The molecule has 98 valence electrons. The number of aliphatic hydroxyl groups excluding tert-OH is 1. The van der Waals surface area contributed by atoms with Crippen molar-refractivity contribution in [3.8, 4) is 0 Å². The highest BCUT2D eigenvalue weighted by molar-refractivity contribution is 5.85. The quantitative estimate of drug-likeness (QED) is 0.645. The Kier molecular flexibility index (Phi) is 4.44. The zero-order valence-corrected chi connectivity index (χ0v) is 10.5. The van der Waals surface area contributed by atoms with Crippen LogP contribution in [0.1, 0.15) is 32.4 Å². The van der Waals surface area contributed by atoms with Gasteiger partial charge in [0.1, 0.15) is 5.60 Å². The topological polar surface area (TPSA) is 72.8 Å². The number of benzene rings is 1. The van der Waals surface area contributed by atoms with Crippen LogP contribution in [0, 0.1) is 0 Å². The summed E-state index contributed by atoms with van der Waals surface area (Å²) >= 11 is 0. The Morgan fingerprint density at radius 2 is 1.72 bits per heavy atom. The normalized spacial score (nSPS) is 12.7. The number of esters is 1.